The van der Waals surface area contributed by atoms with Gasteiger partial charge in [-0.3, -0.25) is 9.48 Å². The minimum atomic E-state index is -4.78. The fourth-order valence-corrected chi connectivity index (χ4v) is 4.94. The van der Waals surface area contributed by atoms with Crippen LogP contribution in [0.5, 0.6) is 0 Å². The summed E-state index contributed by atoms with van der Waals surface area (Å²) in [5, 5.41) is 9.30. The van der Waals surface area contributed by atoms with Crippen LogP contribution in [0, 0.1) is 0 Å². The van der Waals surface area contributed by atoms with Gasteiger partial charge in [0.2, 0.25) is 0 Å². The molecule has 1 saturated heterocycles. The second-order valence-corrected chi connectivity index (χ2v) is 9.10. The van der Waals surface area contributed by atoms with E-state index in [9.17, 15) is 18.0 Å². The van der Waals surface area contributed by atoms with Crippen LogP contribution in [-0.2, 0) is 13.2 Å². The molecular formula is C24H23Cl2F3N4O. The molecule has 2 aromatic carbocycles. The van der Waals surface area contributed by atoms with Gasteiger partial charge in [0.25, 0.3) is 5.91 Å². The van der Waals surface area contributed by atoms with Crippen molar-refractivity contribution in [3.8, 4) is 11.1 Å². The summed E-state index contributed by atoms with van der Waals surface area (Å²) in [6.07, 6.45) is 1.66. The van der Waals surface area contributed by atoms with E-state index < -0.39 is 33.7 Å². The summed E-state index contributed by atoms with van der Waals surface area (Å²) in [5.41, 5.74) is 1.18. The van der Waals surface area contributed by atoms with Crippen molar-refractivity contribution in [1.29, 1.82) is 0 Å². The van der Waals surface area contributed by atoms with E-state index in [2.05, 4.69) is 15.7 Å². The molecule has 34 heavy (non-hydrogen) atoms. The minimum Gasteiger partial charge on any atom is -0.344 e. The lowest BCUT2D eigenvalue weighted by Crippen LogP contribution is -2.46. The topological polar surface area (TPSA) is 59.0 Å². The van der Waals surface area contributed by atoms with E-state index in [-0.39, 0.29) is 11.6 Å². The number of alkyl halides is 3. The summed E-state index contributed by atoms with van der Waals surface area (Å²) >= 11 is 11.8. The van der Waals surface area contributed by atoms with Crippen LogP contribution in [0.4, 0.5) is 13.2 Å². The highest BCUT2D eigenvalue weighted by molar-refractivity contribution is 6.38. The van der Waals surface area contributed by atoms with Crippen LogP contribution in [0.25, 0.3) is 11.1 Å². The first-order valence-corrected chi connectivity index (χ1v) is 11.6. The van der Waals surface area contributed by atoms with Gasteiger partial charge in [-0.1, -0.05) is 47.8 Å². The van der Waals surface area contributed by atoms with Gasteiger partial charge in [-0.25, -0.2) is 0 Å². The van der Waals surface area contributed by atoms with Gasteiger partial charge in [-0.15, -0.1) is 0 Å². The molecule has 0 saturated carbocycles. The largest absolute Gasteiger partial charge is 0.419 e. The maximum absolute atomic E-state index is 13.5. The highest BCUT2D eigenvalue weighted by atomic mass is 35.5. The summed E-state index contributed by atoms with van der Waals surface area (Å²) in [6.45, 7) is 0.791. The molecule has 2 atom stereocenters. The Hall–Kier alpha value is -2.55. The van der Waals surface area contributed by atoms with Crippen molar-refractivity contribution in [2.75, 3.05) is 6.54 Å². The van der Waals surface area contributed by atoms with Gasteiger partial charge >= 0.3 is 6.18 Å². The summed E-state index contributed by atoms with van der Waals surface area (Å²) in [6, 6.07) is 9.37. The molecule has 1 aliphatic rings. The van der Waals surface area contributed by atoms with Crippen LogP contribution in [0.1, 0.15) is 46.8 Å². The van der Waals surface area contributed by atoms with Crippen molar-refractivity contribution in [3.05, 3.63) is 75.5 Å². The van der Waals surface area contributed by atoms with Gasteiger partial charge in [-0.05, 0) is 48.7 Å². The van der Waals surface area contributed by atoms with E-state index in [1.54, 1.807) is 10.9 Å². The third-order valence-electron chi connectivity index (χ3n) is 5.94. The number of benzene rings is 2. The fourth-order valence-electron chi connectivity index (χ4n) is 4.27. The van der Waals surface area contributed by atoms with Crippen LogP contribution in [0.2, 0.25) is 10.0 Å². The normalized spacial score (nSPS) is 17.4. The molecule has 2 N–H and O–H groups in total. The number of nitrogens with zero attached hydrogens (tertiary/aromatic N) is 2. The van der Waals surface area contributed by atoms with E-state index in [1.807, 2.05) is 37.5 Å². The zero-order chi connectivity index (χ0) is 24.5. The molecule has 0 aliphatic carbocycles. The monoisotopic (exact) mass is 510 g/mol. The highest BCUT2D eigenvalue weighted by Crippen LogP contribution is 2.41. The number of aromatic nitrogens is 2. The van der Waals surface area contributed by atoms with Crippen molar-refractivity contribution < 1.29 is 18.0 Å². The van der Waals surface area contributed by atoms with Gasteiger partial charge in [-0.2, -0.15) is 18.3 Å². The van der Waals surface area contributed by atoms with Crippen LogP contribution in [-0.4, -0.2) is 28.3 Å². The Morgan fingerprint density at radius 1 is 1.21 bits per heavy atom. The Kier molecular flexibility index (Phi) is 7.21. The predicted octanol–water partition coefficient (Wildman–Crippen LogP) is 6.03. The van der Waals surface area contributed by atoms with Crippen molar-refractivity contribution in [2.45, 2.75) is 37.5 Å². The summed E-state index contributed by atoms with van der Waals surface area (Å²) in [5.74, 6) is -0.698. The Balaban J connectivity index is 1.69. The second-order valence-electron chi connectivity index (χ2n) is 8.32. The molecular weight excluding hydrogens is 488 g/mol. The lowest BCUT2D eigenvalue weighted by molar-refractivity contribution is -0.137. The van der Waals surface area contributed by atoms with Crippen molar-refractivity contribution in [1.82, 2.24) is 20.4 Å². The van der Waals surface area contributed by atoms with Gasteiger partial charge in [0.05, 0.1) is 33.4 Å². The summed E-state index contributed by atoms with van der Waals surface area (Å²) in [7, 11) is 1.83. The number of hydrogen-bond acceptors (Lipinski definition) is 3. The fraction of sp³-hybridized carbons (Fsp3) is 0.333. The number of nitrogens with one attached hydrogen (secondary N) is 2. The van der Waals surface area contributed by atoms with Crippen LogP contribution >= 0.6 is 23.2 Å². The molecule has 1 amide bonds. The molecule has 1 aromatic heterocycles. The third kappa shape index (κ3) is 5.24. The van der Waals surface area contributed by atoms with E-state index in [1.165, 1.54) is 6.07 Å². The molecule has 1 fully saturated rings. The van der Waals surface area contributed by atoms with Crippen LogP contribution < -0.4 is 10.6 Å². The zero-order valence-corrected chi connectivity index (χ0v) is 19.8. The second kappa shape index (κ2) is 9.98. The number of aryl methyl sites for hydroxylation is 1. The number of halogens is 5. The average Bonchev–Trinajstić information content (AvgIpc) is 3.23. The van der Waals surface area contributed by atoms with Crippen molar-refractivity contribution in [2.24, 2.45) is 7.05 Å². The number of amides is 1. The molecule has 180 valence electrons. The Labute approximate surface area is 205 Å². The van der Waals surface area contributed by atoms with Gasteiger partial charge in [0.1, 0.15) is 0 Å². The Morgan fingerprint density at radius 2 is 2.00 bits per heavy atom. The molecule has 0 radical (unpaired) electrons. The van der Waals surface area contributed by atoms with Crippen LogP contribution in [0.3, 0.4) is 0 Å². The Bertz CT molecular complexity index is 1190. The minimum absolute atomic E-state index is 0.0880. The van der Waals surface area contributed by atoms with Crippen molar-refractivity contribution >= 4 is 29.1 Å². The first-order chi connectivity index (χ1) is 16.1. The highest BCUT2D eigenvalue weighted by Gasteiger charge is 2.38. The van der Waals surface area contributed by atoms with E-state index in [0.717, 1.165) is 48.6 Å². The zero-order valence-electron chi connectivity index (χ0n) is 18.3. The number of carbonyl (C=O) groups is 1. The number of piperidine rings is 1. The molecule has 0 bridgehead atoms. The van der Waals surface area contributed by atoms with E-state index >= 15 is 0 Å². The average molecular weight is 511 g/mol. The maximum atomic E-state index is 13.5. The molecule has 1 aliphatic heterocycles. The van der Waals surface area contributed by atoms with Gasteiger partial charge in [0.15, 0.2) is 0 Å². The molecule has 0 spiro atoms. The van der Waals surface area contributed by atoms with E-state index in [0.29, 0.717) is 0 Å². The van der Waals surface area contributed by atoms with Gasteiger partial charge in [0, 0.05) is 24.8 Å². The maximum Gasteiger partial charge on any atom is 0.419 e. The molecule has 0 unspecified atom stereocenters. The first-order valence-electron chi connectivity index (χ1n) is 10.8. The molecule has 3 aromatic rings. The van der Waals surface area contributed by atoms with Gasteiger partial charge < -0.3 is 10.6 Å². The number of rotatable bonds is 5. The lowest BCUT2D eigenvalue weighted by atomic mass is 9.90. The van der Waals surface area contributed by atoms with E-state index in [4.69, 9.17) is 23.2 Å². The predicted molar refractivity (Wildman–Crippen MR) is 126 cm³/mol. The van der Waals surface area contributed by atoms with Crippen molar-refractivity contribution in [3.63, 3.8) is 0 Å². The lowest BCUT2D eigenvalue weighted by Gasteiger charge is -2.32. The van der Waals surface area contributed by atoms with Crippen LogP contribution in [0.15, 0.2) is 48.8 Å². The smallest absolute Gasteiger partial charge is 0.344 e. The summed E-state index contributed by atoms with van der Waals surface area (Å²) < 4.78 is 42.1. The first kappa shape index (κ1) is 24.6. The number of hydrogen-bond donors (Lipinski definition) is 2. The summed E-state index contributed by atoms with van der Waals surface area (Å²) in [4.78, 5) is 13.2. The Morgan fingerprint density at radius 3 is 2.65 bits per heavy atom. The molecule has 2 heterocycles. The molecule has 5 nitrogen and oxygen atoms in total. The third-order valence-corrected chi connectivity index (χ3v) is 6.65. The molecule has 10 heteroatoms. The quantitative estimate of drug-likeness (QED) is 0.440. The molecule has 4 rings (SSSR count). The SMILES string of the molecule is Cn1cc(-c2cccc([C@H](NC(=O)c3ccc(Cl)c(C(F)(F)F)c3Cl)[C@@H]3CCCCN3)c2)cn1. The standard InChI is InChI=1S/C24H23Cl2F3N4O/c1-33-13-16(12-31-33)14-5-4-6-15(11-14)22(19-7-2-3-10-30-19)32-23(34)17-8-9-18(25)20(21(17)26)24(27,28)29/h4-6,8-9,11-13,19,22,30H,2-3,7,10H2,1H3,(H,32,34)/t19-,22-/m0/s1. The number of carbonyl (C=O) groups excluding carboxylic acids is 1.